The Kier molecular flexibility index (Phi) is 8.18. The number of pyridine rings is 1. The van der Waals surface area contributed by atoms with Crippen molar-refractivity contribution in [2.45, 2.75) is 65.0 Å². The molecule has 4 rings (SSSR count). The van der Waals surface area contributed by atoms with Crippen molar-refractivity contribution in [3.05, 3.63) is 69.0 Å². The van der Waals surface area contributed by atoms with Crippen LogP contribution in [0.1, 0.15) is 54.4 Å². The number of benzene rings is 2. The number of hydrogen-bond acceptors (Lipinski definition) is 4. The van der Waals surface area contributed by atoms with E-state index in [1.54, 1.807) is 19.1 Å². The molecule has 7 nitrogen and oxygen atoms in total. The summed E-state index contributed by atoms with van der Waals surface area (Å²) < 4.78 is 10.8. The minimum atomic E-state index is -0.160. The number of aromatic amines is 1. The molecule has 0 radical (unpaired) electrons. The van der Waals surface area contributed by atoms with E-state index in [1.807, 2.05) is 37.3 Å². The minimum Gasteiger partial charge on any atom is -0.493 e. The van der Waals surface area contributed by atoms with Crippen molar-refractivity contribution in [1.29, 1.82) is 0 Å². The van der Waals surface area contributed by atoms with Crippen LogP contribution in [0, 0.1) is 13.8 Å². The van der Waals surface area contributed by atoms with Gasteiger partial charge in [0.2, 0.25) is 0 Å². The third-order valence-corrected chi connectivity index (χ3v) is 7.23. The highest BCUT2D eigenvalue weighted by Gasteiger charge is 2.21. The van der Waals surface area contributed by atoms with E-state index in [9.17, 15) is 9.59 Å². The molecule has 0 saturated heterocycles. The molecular weight excluding hydrogens is 454 g/mol. The molecule has 0 atom stereocenters. The monoisotopic (exact) mass is 491 g/mol. The molecule has 0 bridgehead atoms. The van der Waals surface area contributed by atoms with Crippen LogP contribution in [0.4, 0.5) is 4.79 Å². The number of methoxy groups -OCH3 is 2. The first-order chi connectivity index (χ1) is 17.4. The van der Waals surface area contributed by atoms with E-state index in [0.717, 1.165) is 47.7 Å². The molecule has 192 valence electrons. The Balaban J connectivity index is 1.58. The van der Waals surface area contributed by atoms with Gasteiger partial charge in [-0.05, 0) is 85.5 Å². The van der Waals surface area contributed by atoms with Crippen LogP contribution in [-0.2, 0) is 13.0 Å². The van der Waals surface area contributed by atoms with Crippen molar-refractivity contribution >= 4 is 16.9 Å². The van der Waals surface area contributed by atoms with E-state index in [2.05, 4.69) is 23.3 Å². The fourth-order valence-corrected chi connectivity index (χ4v) is 4.91. The number of fused-ring (bicyclic) bond motifs is 1. The van der Waals surface area contributed by atoms with Gasteiger partial charge in [-0.15, -0.1) is 0 Å². The SMILES string of the molecule is COc1ccc(CCN(Cc2cc3cc(C)c(C)cc3[nH]c2=O)C(=O)NC2CCCCC2)cc1OC. The first-order valence-electron chi connectivity index (χ1n) is 12.8. The Morgan fingerprint density at radius 3 is 2.44 bits per heavy atom. The molecule has 1 saturated carbocycles. The maximum Gasteiger partial charge on any atom is 0.317 e. The normalized spacial score (nSPS) is 14.0. The van der Waals surface area contributed by atoms with Crippen molar-refractivity contribution in [2.24, 2.45) is 0 Å². The predicted octanol–water partition coefficient (Wildman–Crippen LogP) is 5.25. The number of nitrogens with one attached hydrogen (secondary N) is 2. The summed E-state index contributed by atoms with van der Waals surface area (Å²) in [6, 6.07) is 11.9. The molecule has 1 aliphatic carbocycles. The molecule has 2 amide bonds. The van der Waals surface area contributed by atoms with E-state index >= 15 is 0 Å². The third-order valence-electron chi connectivity index (χ3n) is 7.23. The van der Waals surface area contributed by atoms with Crippen LogP contribution in [-0.4, -0.2) is 42.7 Å². The molecule has 3 aromatic rings. The van der Waals surface area contributed by atoms with Crippen LogP contribution >= 0.6 is 0 Å². The van der Waals surface area contributed by atoms with Crippen LogP contribution in [0.25, 0.3) is 10.9 Å². The maximum atomic E-state index is 13.4. The number of aromatic nitrogens is 1. The van der Waals surface area contributed by atoms with Gasteiger partial charge in [-0.2, -0.15) is 0 Å². The van der Waals surface area contributed by atoms with Gasteiger partial charge in [0.1, 0.15) is 0 Å². The van der Waals surface area contributed by atoms with Gasteiger partial charge in [0.15, 0.2) is 11.5 Å². The molecular formula is C29H37N3O4. The zero-order valence-corrected chi connectivity index (χ0v) is 21.8. The Morgan fingerprint density at radius 1 is 1.00 bits per heavy atom. The number of hydrogen-bond donors (Lipinski definition) is 2. The lowest BCUT2D eigenvalue weighted by Gasteiger charge is -2.28. The standard InChI is InChI=1S/C29H37N3O4/c1-19-14-22-17-23(28(33)31-25(22)15-20(19)2)18-32(29(34)30-24-8-6-5-7-9-24)13-12-21-10-11-26(35-3)27(16-21)36-4/h10-11,14-17,24H,5-9,12-13,18H2,1-4H3,(H,30,34)(H,31,33). The Hall–Kier alpha value is -3.48. The minimum absolute atomic E-state index is 0.123. The van der Waals surface area contributed by atoms with Gasteiger partial charge in [0, 0.05) is 23.7 Å². The average Bonchev–Trinajstić information content (AvgIpc) is 2.88. The topological polar surface area (TPSA) is 83.7 Å². The van der Waals surface area contributed by atoms with Crippen molar-refractivity contribution in [3.63, 3.8) is 0 Å². The van der Waals surface area contributed by atoms with Crippen LogP contribution in [0.2, 0.25) is 0 Å². The maximum absolute atomic E-state index is 13.4. The Morgan fingerprint density at radius 2 is 1.72 bits per heavy atom. The highest BCUT2D eigenvalue weighted by atomic mass is 16.5. The summed E-state index contributed by atoms with van der Waals surface area (Å²) in [6.45, 7) is 4.81. The third kappa shape index (κ3) is 6.01. The van der Waals surface area contributed by atoms with Crippen molar-refractivity contribution in [1.82, 2.24) is 15.2 Å². The lowest BCUT2D eigenvalue weighted by atomic mass is 9.96. The number of ether oxygens (including phenoxy) is 2. The second-order valence-electron chi connectivity index (χ2n) is 9.79. The lowest BCUT2D eigenvalue weighted by Crippen LogP contribution is -2.46. The molecule has 1 aliphatic rings. The summed E-state index contributed by atoms with van der Waals surface area (Å²) in [5.41, 5.74) is 4.57. The quantitative estimate of drug-likeness (QED) is 0.451. The van der Waals surface area contributed by atoms with E-state index in [-0.39, 0.29) is 24.2 Å². The number of nitrogens with zero attached hydrogens (tertiary/aromatic N) is 1. The molecule has 0 spiro atoms. The van der Waals surface area contributed by atoms with Gasteiger partial charge < -0.3 is 24.7 Å². The van der Waals surface area contributed by atoms with Crippen molar-refractivity contribution in [3.8, 4) is 11.5 Å². The second kappa shape index (κ2) is 11.5. The number of aryl methyl sites for hydroxylation is 2. The highest BCUT2D eigenvalue weighted by molar-refractivity contribution is 5.81. The Bertz CT molecular complexity index is 1280. The van der Waals surface area contributed by atoms with Crippen LogP contribution in [0.3, 0.4) is 0 Å². The van der Waals surface area contributed by atoms with Crippen molar-refractivity contribution in [2.75, 3.05) is 20.8 Å². The number of carbonyl (C=O) groups is 1. The molecule has 36 heavy (non-hydrogen) atoms. The smallest absolute Gasteiger partial charge is 0.317 e. The van der Waals surface area contributed by atoms with Gasteiger partial charge in [-0.1, -0.05) is 25.3 Å². The zero-order chi connectivity index (χ0) is 25.7. The first-order valence-corrected chi connectivity index (χ1v) is 12.8. The summed E-state index contributed by atoms with van der Waals surface area (Å²) in [5, 5.41) is 4.19. The summed E-state index contributed by atoms with van der Waals surface area (Å²) in [6.07, 6.45) is 6.14. The number of H-pyrrole nitrogens is 1. The summed E-state index contributed by atoms with van der Waals surface area (Å²) >= 11 is 0. The fourth-order valence-electron chi connectivity index (χ4n) is 4.91. The van der Waals surface area contributed by atoms with E-state index in [4.69, 9.17) is 9.47 Å². The number of carbonyl (C=O) groups excluding carboxylic acids is 1. The first kappa shape index (κ1) is 25.6. The molecule has 0 unspecified atom stereocenters. The predicted molar refractivity (Wildman–Crippen MR) is 143 cm³/mol. The summed E-state index contributed by atoms with van der Waals surface area (Å²) in [4.78, 5) is 31.1. The second-order valence-corrected chi connectivity index (χ2v) is 9.79. The van der Waals surface area contributed by atoms with Crippen LogP contribution in [0.5, 0.6) is 11.5 Å². The highest BCUT2D eigenvalue weighted by Crippen LogP contribution is 2.28. The fraction of sp³-hybridized carbons (Fsp3) is 0.448. The lowest BCUT2D eigenvalue weighted by molar-refractivity contribution is 0.187. The van der Waals surface area contributed by atoms with E-state index in [0.29, 0.717) is 30.0 Å². The molecule has 1 heterocycles. The van der Waals surface area contributed by atoms with Crippen LogP contribution < -0.4 is 20.3 Å². The summed E-state index contributed by atoms with van der Waals surface area (Å²) in [5.74, 6) is 1.33. The molecule has 1 fully saturated rings. The molecule has 2 N–H and O–H groups in total. The van der Waals surface area contributed by atoms with Gasteiger partial charge in [-0.3, -0.25) is 4.79 Å². The van der Waals surface area contributed by atoms with Gasteiger partial charge in [0.05, 0.1) is 20.8 Å². The molecule has 7 heteroatoms. The average molecular weight is 492 g/mol. The number of amides is 2. The van der Waals surface area contributed by atoms with Crippen molar-refractivity contribution < 1.29 is 14.3 Å². The number of rotatable bonds is 8. The van der Waals surface area contributed by atoms with E-state index in [1.165, 1.54) is 12.0 Å². The molecule has 1 aromatic heterocycles. The van der Waals surface area contributed by atoms with Crippen LogP contribution in [0.15, 0.2) is 41.2 Å². The number of urea groups is 1. The summed E-state index contributed by atoms with van der Waals surface area (Å²) in [7, 11) is 3.22. The van der Waals surface area contributed by atoms with Gasteiger partial charge in [-0.25, -0.2) is 4.79 Å². The molecule has 2 aromatic carbocycles. The van der Waals surface area contributed by atoms with Gasteiger partial charge >= 0.3 is 6.03 Å². The Labute approximate surface area is 212 Å². The largest absolute Gasteiger partial charge is 0.493 e. The zero-order valence-electron chi connectivity index (χ0n) is 21.8. The van der Waals surface area contributed by atoms with Gasteiger partial charge in [0.25, 0.3) is 5.56 Å². The molecule has 0 aliphatic heterocycles. The van der Waals surface area contributed by atoms with E-state index < -0.39 is 0 Å².